The summed E-state index contributed by atoms with van der Waals surface area (Å²) in [6, 6.07) is 18.9. The molecule has 1 aliphatic rings. The molecule has 0 aromatic heterocycles. The average Bonchev–Trinajstić information content (AvgIpc) is 2.87. The smallest absolute Gasteiger partial charge is 0.408 e. The van der Waals surface area contributed by atoms with E-state index in [9.17, 15) is 14.4 Å². The summed E-state index contributed by atoms with van der Waals surface area (Å²) in [5, 5.41) is 2.73. The van der Waals surface area contributed by atoms with Crippen LogP contribution < -0.4 is 5.32 Å². The van der Waals surface area contributed by atoms with E-state index in [2.05, 4.69) is 17.4 Å². The van der Waals surface area contributed by atoms with Gasteiger partial charge in [-0.05, 0) is 29.9 Å². The van der Waals surface area contributed by atoms with Crippen LogP contribution in [0.15, 0.2) is 60.7 Å². The Bertz CT molecular complexity index is 925. The van der Waals surface area contributed by atoms with Gasteiger partial charge in [-0.25, -0.2) is 4.79 Å². The minimum absolute atomic E-state index is 0.0885. The lowest BCUT2D eigenvalue weighted by Crippen LogP contribution is -2.57. The molecule has 0 bridgehead atoms. The van der Waals surface area contributed by atoms with Gasteiger partial charge >= 0.3 is 6.09 Å². The number of nitrogens with one attached hydrogen (secondary N) is 1. The number of carbonyl (C=O) groups excluding carboxylic acids is 3. The van der Waals surface area contributed by atoms with Gasteiger partial charge in [-0.3, -0.25) is 9.59 Å². The lowest BCUT2D eigenvalue weighted by molar-refractivity contribution is -0.141. The maximum absolute atomic E-state index is 13.1. The molecular formula is C27H35N3O4. The molecule has 0 spiro atoms. The lowest BCUT2D eigenvalue weighted by atomic mass is 10.0. The first-order valence-electron chi connectivity index (χ1n) is 12.0. The van der Waals surface area contributed by atoms with Gasteiger partial charge in [0, 0.05) is 32.6 Å². The highest BCUT2D eigenvalue weighted by molar-refractivity contribution is 5.86. The minimum atomic E-state index is -0.670. The van der Waals surface area contributed by atoms with Crippen LogP contribution in [0, 0.1) is 5.92 Å². The summed E-state index contributed by atoms with van der Waals surface area (Å²) in [4.78, 5) is 41.6. The first-order chi connectivity index (χ1) is 16.4. The standard InChI is InChI=1S/C27H35N3O4/c1-21(2)25(28-27(33)34-20-23-12-7-4-8-13-23)26(32)30-18-16-29(17-19-30)24(31)15-9-14-22-10-5-3-6-11-22/h3-8,10-13,21,25H,9,14-20H2,1-2H3,(H,28,33)/t25-/m0/s1. The highest BCUT2D eigenvalue weighted by atomic mass is 16.5. The van der Waals surface area contributed by atoms with E-state index in [1.54, 1.807) is 4.90 Å². The van der Waals surface area contributed by atoms with Gasteiger partial charge in [-0.1, -0.05) is 74.5 Å². The second-order valence-electron chi connectivity index (χ2n) is 8.97. The maximum Gasteiger partial charge on any atom is 0.408 e. The van der Waals surface area contributed by atoms with Crippen molar-refractivity contribution >= 4 is 17.9 Å². The Morgan fingerprint density at radius 2 is 1.41 bits per heavy atom. The number of rotatable bonds is 9. The third kappa shape index (κ3) is 7.61. The molecule has 1 N–H and O–H groups in total. The molecule has 7 nitrogen and oxygen atoms in total. The van der Waals surface area contributed by atoms with Gasteiger partial charge in [0.05, 0.1) is 0 Å². The molecule has 1 fully saturated rings. The molecule has 0 unspecified atom stereocenters. The second-order valence-corrected chi connectivity index (χ2v) is 8.97. The van der Waals surface area contributed by atoms with Crippen LogP contribution in [0.5, 0.6) is 0 Å². The molecule has 1 saturated heterocycles. The van der Waals surface area contributed by atoms with Crippen LogP contribution in [-0.4, -0.2) is 59.9 Å². The average molecular weight is 466 g/mol. The fourth-order valence-electron chi connectivity index (χ4n) is 4.02. The van der Waals surface area contributed by atoms with E-state index < -0.39 is 12.1 Å². The molecule has 34 heavy (non-hydrogen) atoms. The predicted molar refractivity (Wildman–Crippen MR) is 131 cm³/mol. The van der Waals surface area contributed by atoms with Crippen LogP contribution in [0.2, 0.25) is 0 Å². The van der Waals surface area contributed by atoms with Crippen molar-refractivity contribution in [2.75, 3.05) is 26.2 Å². The molecule has 2 aromatic rings. The number of aryl methyl sites for hydroxylation is 1. The summed E-state index contributed by atoms with van der Waals surface area (Å²) in [5.74, 6) is -0.0942. The molecular weight excluding hydrogens is 430 g/mol. The summed E-state index contributed by atoms with van der Waals surface area (Å²) in [6.45, 7) is 5.90. The van der Waals surface area contributed by atoms with E-state index in [0.29, 0.717) is 32.6 Å². The van der Waals surface area contributed by atoms with E-state index in [4.69, 9.17) is 4.74 Å². The molecule has 2 aromatic carbocycles. The van der Waals surface area contributed by atoms with E-state index in [-0.39, 0.29) is 24.3 Å². The maximum atomic E-state index is 13.1. The second kappa shape index (κ2) is 12.8. The molecule has 1 aliphatic heterocycles. The first kappa shape index (κ1) is 25.3. The largest absolute Gasteiger partial charge is 0.445 e. The van der Waals surface area contributed by atoms with Gasteiger partial charge in [0.1, 0.15) is 12.6 Å². The monoisotopic (exact) mass is 465 g/mol. The van der Waals surface area contributed by atoms with Crippen LogP contribution >= 0.6 is 0 Å². The van der Waals surface area contributed by atoms with Crippen LogP contribution in [0.1, 0.15) is 37.8 Å². The molecule has 1 atom stereocenters. The first-order valence-corrected chi connectivity index (χ1v) is 12.0. The van der Waals surface area contributed by atoms with Crippen LogP contribution in [0.25, 0.3) is 0 Å². The number of hydrogen-bond acceptors (Lipinski definition) is 4. The Balaban J connectivity index is 1.42. The summed E-state index contributed by atoms with van der Waals surface area (Å²) in [7, 11) is 0. The SMILES string of the molecule is CC(C)[C@H](NC(=O)OCc1ccccc1)C(=O)N1CCN(C(=O)CCCc2ccccc2)CC1. The van der Waals surface area contributed by atoms with Crippen LogP contribution in [-0.2, 0) is 27.4 Å². The van der Waals surface area contributed by atoms with Crippen LogP contribution in [0.3, 0.4) is 0 Å². The van der Waals surface area contributed by atoms with Crippen LogP contribution in [0.4, 0.5) is 4.79 Å². The van der Waals surface area contributed by atoms with E-state index in [0.717, 1.165) is 18.4 Å². The van der Waals surface area contributed by atoms with Crippen molar-refractivity contribution in [1.82, 2.24) is 15.1 Å². The van der Waals surface area contributed by atoms with Crippen molar-refractivity contribution in [3.8, 4) is 0 Å². The molecule has 1 heterocycles. The number of hydrogen-bond donors (Lipinski definition) is 1. The highest BCUT2D eigenvalue weighted by Crippen LogP contribution is 2.13. The van der Waals surface area contributed by atoms with Crippen molar-refractivity contribution in [1.29, 1.82) is 0 Å². The summed E-state index contributed by atoms with van der Waals surface area (Å²) >= 11 is 0. The number of nitrogens with zero attached hydrogens (tertiary/aromatic N) is 2. The fraction of sp³-hybridized carbons (Fsp3) is 0.444. The molecule has 0 radical (unpaired) electrons. The van der Waals surface area contributed by atoms with Crippen molar-refractivity contribution in [3.05, 3.63) is 71.8 Å². The highest BCUT2D eigenvalue weighted by Gasteiger charge is 2.32. The molecule has 0 saturated carbocycles. The Hall–Kier alpha value is -3.35. The topological polar surface area (TPSA) is 79.0 Å². The lowest BCUT2D eigenvalue weighted by Gasteiger charge is -2.37. The summed E-state index contributed by atoms with van der Waals surface area (Å²) < 4.78 is 5.29. The molecule has 3 amide bonds. The van der Waals surface area contributed by atoms with Crippen molar-refractivity contribution < 1.29 is 19.1 Å². The number of carbonyl (C=O) groups is 3. The molecule has 3 rings (SSSR count). The van der Waals surface area contributed by atoms with Gasteiger partial charge in [0.15, 0.2) is 0 Å². The zero-order valence-corrected chi connectivity index (χ0v) is 20.1. The van der Waals surface area contributed by atoms with E-state index in [1.807, 2.05) is 67.3 Å². The number of piperazine rings is 1. The normalized spacial score (nSPS) is 14.6. The fourth-order valence-corrected chi connectivity index (χ4v) is 4.02. The third-order valence-electron chi connectivity index (χ3n) is 6.06. The summed E-state index contributed by atoms with van der Waals surface area (Å²) in [6.07, 6.45) is 1.59. The zero-order valence-electron chi connectivity index (χ0n) is 20.1. The van der Waals surface area contributed by atoms with E-state index >= 15 is 0 Å². The Morgan fingerprint density at radius 3 is 2.00 bits per heavy atom. The summed E-state index contributed by atoms with van der Waals surface area (Å²) in [5.41, 5.74) is 2.12. The number of ether oxygens (including phenoxy) is 1. The van der Waals surface area contributed by atoms with Gasteiger partial charge < -0.3 is 19.9 Å². The number of amides is 3. The van der Waals surface area contributed by atoms with Gasteiger partial charge in [-0.15, -0.1) is 0 Å². The van der Waals surface area contributed by atoms with Gasteiger partial charge in [-0.2, -0.15) is 0 Å². The van der Waals surface area contributed by atoms with Crippen molar-refractivity contribution in [2.45, 2.75) is 45.8 Å². The van der Waals surface area contributed by atoms with E-state index in [1.165, 1.54) is 5.56 Å². The minimum Gasteiger partial charge on any atom is -0.445 e. The Morgan fingerprint density at radius 1 is 0.853 bits per heavy atom. The Labute approximate surface area is 202 Å². The number of benzene rings is 2. The number of alkyl carbamates (subject to hydrolysis) is 1. The molecule has 7 heteroatoms. The quantitative estimate of drug-likeness (QED) is 0.613. The predicted octanol–water partition coefficient (Wildman–Crippen LogP) is 3.63. The van der Waals surface area contributed by atoms with Gasteiger partial charge in [0.2, 0.25) is 11.8 Å². The zero-order chi connectivity index (χ0) is 24.3. The molecule has 0 aliphatic carbocycles. The Kier molecular flexibility index (Phi) is 9.50. The van der Waals surface area contributed by atoms with Crippen molar-refractivity contribution in [2.24, 2.45) is 5.92 Å². The molecule has 182 valence electrons. The van der Waals surface area contributed by atoms with Gasteiger partial charge in [0.25, 0.3) is 0 Å². The third-order valence-corrected chi connectivity index (χ3v) is 6.06. The van der Waals surface area contributed by atoms with Crippen molar-refractivity contribution in [3.63, 3.8) is 0 Å².